The normalized spacial score (nSPS) is 11.0. The van der Waals surface area contributed by atoms with Crippen LogP contribution in [0.15, 0.2) is 103 Å². The molecule has 0 fully saturated rings. The molecule has 1 aromatic heterocycles. The standard InChI is InChI=1S/C30H27N3O/c1-22-11-13-24(14-12-22)21-33-28-10-6-5-9-27(28)32-29(33)20-31-30(34)19-23-15-17-26(18-16-23)25-7-3-2-4-8-25/h2-18H,19-21H2,1H3,(H,31,34). The van der Waals surface area contributed by atoms with E-state index >= 15 is 0 Å². The predicted molar refractivity (Wildman–Crippen MR) is 137 cm³/mol. The van der Waals surface area contributed by atoms with Crippen LogP contribution in [0.25, 0.3) is 22.2 Å². The summed E-state index contributed by atoms with van der Waals surface area (Å²) in [6, 6.07) is 35.1. The molecule has 1 heterocycles. The Kier molecular flexibility index (Phi) is 6.21. The molecule has 1 amide bonds. The molecule has 0 spiro atoms. The number of nitrogens with zero attached hydrogens (tertiary/aromatic N) is 2. The van der Waals surface area contributed by atoms with Gasteiger partial charge in [-0.25, -0.2) is 4.98 Å². The van der Waals surface area contributed by atoms with Gasteiger partial charge in [-0.3, -0.25) is 4.79 Å². The van der Waals surface area contributed by atoms with E-state index in [0.717, 1.165) is 28.0 Å². The number of nitrogens with one attached hydrogen (secondary N) is 1. The van der Waals surface area contributed by atoms with Crippen molar-refractivity contribution >= 4 is 16.9 Å². The Hall–Kier alpha value is -4.18. The fourth-order valence-electron chi connectivity index (χ4n) is 4.18. The van der Waals surface area contributed by atoms with E-state index in [9.17, 15) is 4.79 Å². The predicted octanol–water partition coefficient (Wildman–Crippen LogP) is 5.92. The molecular formula is C30H27N3O. The molecular weight excluding hydrogens is 418 g/mol. The van der Waals surface area contributed by atoms with Crippen molar-refractivity contribution in [3.63, 3.8) is 0 Å². The molecule has 0 saturated carbocycles. The molecule has 0 bridgehead atoms. The highest BCUT2D eigenvalue weighted by Gasteiger charge is 2.12. The molecule has 0 atom stereocenters. The second-order valence-corrected chi connectivity index (χ2v) is 8.60. The third-order valence-electron chi connectivity index (χ3n) is 6.06. The quantitative estimate of drug-likeness (QED) is 0.338. The summed E-state index contributed by atoms with van der Waals surface area (Å²) in [6.07, 6.45) is 0.341. The Bertz CT molecular complexity index is 1400. The van der Waals surface area contributed by atoms with Gasteiger partial charge in [0.1, 0.15) is 5.82 Å². The molecule has 1 N–H and O–H groups in total. The fourth-order valence-corrected chi connectivity index (χ4v) is 4.18. The topological polar surface area (TPSA) is 46.9 Å². The summed E-state index contributed by atoms with van der Waals surface area (Å²) in [4.78, 5) is 17.5. The van der Waals surface area contributed by atoms with Gasteiger partial charge in [0.05, 0.1) is 24.0 Å². The largest absolute Gasteiger partial charge is 0.349 e. The van der Waals surface area contributed by atoms with Crippen molar-refractivity contribution in [3.05, 3.63) is 126 Å². The molecule has 34 heavy (non-hydrogen) atoms. The Balaban J connectivity index is 1.28. The Morgan fingerprint density at radius 3 is 2.18 bits per heavy atom. The zero-order chi connectivity index (χ0) is 23.3. The van der Waals surface area contributed by atoms with Crippen LogP contribution in [-0.2, 0) is 24.3 Å². The molecule has 0 aliphatic carbocycles. The van der Waals surface area contributed by atoms with Crippen LogP contribution in [0, 0.1) is 6.92 Å². The van der Waals surface area contributed by atoms with Gasteiger partial charge in [-0.1, -0.05) is 96.6 Å². The van der Waals surface area contributed by atoms with Crippen molar-refractivity contribution in [2.75, 3.05) is 0 Å². The highest BCUT2D eigenvalue weighted by atomic mass is 16.1. The number of rotatable bonds is 7. The summed E-state index contributed by atoms with van der Waals surface area (Å²) in [7, 11) is 0. The summed E-state index contributed by atoms with van der Waals surface area (Å²) >= 11 is 0. The third kappa shape index (κ3) is 4.91. The second kappa shape index (κ2) is 9.75. The molecule has 0 aliphatic rings. The number of imidazole rings is 1. The van der Waals surface area contributed by atoms with E-state index < -0.39 is 0 Å². The first-order chi connectivity index (χ1) is 16.7. The van der Waals surface area contributed by atoms with Crippen molar-refractivity contribution in [3.8, 4) is 11.1 Å². The Morgan fingerprint density at radius 1 is 0.765 bits per heavy atom. The van der Waals surface area contributed by atoms with Crippen LogP contribution >= 0.6 is 0 Å². The minimum absolute atomic E-state index is 0.0126. The highest BCUT2D eigenvalue weighted by molar-refractivity contribution is 5.79. The van der Waals surface area contributed by atoms with E-state index in [1.165, 1.54) is 16.7 Å². The summed E-state index contributed by atoms with van der Waals surface area (Å²) in [5.74, 6) is 0.843. The van der Waals surface area contributed by atoms with Crippen LogP contribution in [0.4, 0.5) is 0 Å². The van der Waals surface area contributed by atoms with Crippen LogP contribution in [0.1, 0.15) is 22.5 Å². The lowest BCUT2D eigenvalue weighted by Crippen LogP contribution is -2.26. The van der Waals surface area contributed by atoms with E-state index in [1.807, 2.05) is 48.5 Å². The summed E-state index contributed by atoms with van der Waals surface area (Å²) < 4.78 is 2.19. The van der Waals surface area contributed by atoms with Gasteiger partial charge < -0.3 is 9.88 Å². The van der Waals surface area contributed by atoms with E-state index in [1.54, 1.807) is 0 Å². The van der Waals surface area contributed by atoms with Gasteiger partial charge in [-0.15, -0.1) is 0 Å². The van der Waals surface area contributed by atoms with Gasteiger partial charge in [0.15, 0.2) is 0 Å². The van der Waals surface area contributed by atoms with Gasteiger partial charge in [0.25, 0.3) is 0 Å². The van der Waals surface area contributed by atoms with Gasteiger partial charge >= 0.3 is 0 Å². The maximum Gasteiger partial charge on any atom is 0.224 e. The summed E-state index contributed by atoms with van der Waals surface area (Å²) in [6.45, 7) is 3.20. The molecule has 4 aromatic carbocycles. The average Bonchev–Trinajstić information content (AvgIpc) is 3.22. The smallest absolute Gasteiger partial charge is 0.224 e. The van der Waals surface area contributed by atoms with Gasteiger partial charge in [0, 0.05) is 6.54 Å². The number of fused-ring (bicyclic) bond motifs is 1. The molecule has 0 unspecified atom stereocenters. The van der Waals surface area contributed by atoms with E-state index in [-0.39, 0.29) is 5.91 Å². The SMILES string of the molecule is Cc1ccc(Cn2c(CNC(=O)Cc3ccc(-c4ccccc4)cc3)nc3ccccc32)cc1. The number of benzene rings is 4. The van der Waals surface area contributed by atoms with Crippen molar-refractivity contribution < 1.29 is 4.79 Å². The summed E-state index contributed by atoms with van der Waals surface area (Å²) in [5.41, 5.74) is 7.77. The van der Waals surface area contributed by atoms with Crippen LogP contribution in [0.2, 0.25) is 0 Å². The third-order valence-corrected chi connectivity index (χ3v) is 6.06. The molecule has 0 radical (unpaired) electrons. The number of carbonyl (C=O) groups is 1. The first-order valence-electron chi connectivity index (χ1n) is 11.6. The molecule has 4 heteroatoms. The van der Waals surface area contributed by atoms with E-state index in [2.05, 4.69) is 71.4 Å². The first-order valence-corrected chi connectivity index (χ1v) is 11.6. The first kappa shape index (κ1) is 21.7. The molecule has 4 nitrogen and oxygen atoms in total. The van der Waals surface area contributed by atoms with E-state index in [0.29, 0.717) is 19.5 Å². The van der Waals surface area contributed by atoms with E-state index in [4.69, 9.17) is 4.98 Å². The zero-order valence-corrected chi connectivity index (χ0v) is 19.2. The molecule has 5 aromatic rings. The van der Waals surface area contributed by atoms with Gasteiger partial charge in [-0.2, -0.15) is 0 Å². The fraction of sp³-hybridized carbons (Fsp3) is 0.133. The van der Waals surface area contributed by atoms with Gasteiger partial charge in [-0.05, 0) is 41.3 Å². The lowest BCUT2D eigenvalue weighted by molar-refractivity contribution is -0.120. The summed E-state index contributed by atoms with van der Waals surface area (Å²) in [5, 5.41) is 3.07. The van der Waals surface area contributed by atoms with Crippen LogP contribution in [-0.4, -0.2) is 15.5 Å². The van der Waals surface area contributed by atoms with Crippen LogP contribution < -0.4 is 5.32 Å². The van der Waals surface area contributed by atoms with Crippen LogP contribution in [0.3, 0.4) is 0 Å². The Labute approximate surface area is 199 Å². The van der Waals surface area contributed by atoms with Crippen LogP contribution in [0.5, 0.6) is 0 Å². The number of aromatic nitrogens is 2. The molecule has 0 saturated heterocycles. The maximum absolute atomic E-state index is 12.7. The number of hydrogen-bond acceptors (Lipinski definition) is 2. The van der Waals surface area contributed by atoms with Gasteiger partial charge in [0.2, 0.25) is 5.91 Å². The number of hydrogen-bond donors (Lipinski definition) is 1. The number of aryl methyl sites for hydroxylation is 1. The van der Waals surface area contributed by atoms with Crippen molar-refractivity contribution in [2.24, 2.45) is 0 Å². The minimum Gasteiger partial charge on any atom is -0.349 e. The van der Waals surface area contributed by atoms with Crippen molar-refractivity contribution in [2.45, 2.75) is 26.4 Å². The second-order valence-electron chi connectivity index (χ2n) is 8.60. The Morgan fingerprint density at radius 2 is 1.41 bits per heavy atom. The molecule has 5 rings (SSSR count). The lowest BCUT2D eigenvalue weighted by Gasteiger charge is -2.11. The molecule has 168 valence electrons. The highest BCUT2D eigenvalue weighted by Crippen LogP contribution is 2.20. The molecule has 0 aliphatic heterocycles. The number of para-hydroxylation sites is 2. The number of carbonyl (C=O) groups excluding carboxylic acids is 1. The van der Waals surface area contributed by atoms with Crippen molar-refractivity contribution in [1.29, 1.82) is 0 Å². The number of amides is 1. The monoisotopic (exact) mass is 445 g/mol. The van der Waals surface area contributed by atoms with Crippen molar-refractivity contribution in [1.82, 2.24) is 14.9 Å². The maximum atomic E-state index is 12.7. The minimum atomic E-state index is -0.0126. The zero-order valence-electron chi connectivity index (χ0n) is 19.2. The average molecular weight is 446 g/mol. The lowest BCUT2D eigenvalue weighted by atomic mass is 10.0.